The van der Waals surface area contributed by atoms with Gasteiger partial charge in [-0.25, -0.2) is 4.79 Å². The Morgan fingerprint density at radius 3 is 2.47 bits per heavy atom. The molecule has 2 atom stereocenters. The van der Waals surface area contributed by atoms with Gasteiger partial charge in [0.25, 0.3) is 0 Å². The third kappa shape index (κ3) is 2.04. The molecule has 6 heteroatoms. The Balaban J connectivity index is 0.00000180. The Bertz CT molecular complexity index is 537. The Kier molecular flexibility index (Phi) is 3.86. The molecule has 0 saturated carbocycles. The van der Waals surface area contributed by atoms with E-state index >= 15 is 0 Å². The third-order valence-electron chi connectivity index (χ3n) is 3.53. The molecule has 6 nitrogen and oxygen atoms in total. The van der Waals surface area contributed by atoms with Crippen molar-refractivity contribution < 1.29 is 30.0 Å². The summed E-state index contributed by atoms with van der Waals surface area (Å²) in [5, 5.41) is 18.8. The van der Waals surface area contributed by atoms with Crippen LogP contribution in [0.25, 0.3) is 0 Å². The van der Waals surface area contributed by atoms with Crippen molar-refractivity contribution in [3.05, 3.63) is 34.3 Å². The minimum absolute atomic E-state index is 0. The number of Topliss-reactive ketones (excluding diaryl/α,β-unsaturated/α-hetero) is 1. The van der Waals surface area contributed by atoms with Crippen LogP contribution in [0.3, 0.4) is 0 Å². The topological polar surface area (TPSA) is 115 Å². The van der Waals surface area contributed by atoms with Crippen LogP contribution < -0.4 is 0 Å². The van der Waals surface area contributed by atoms with Gasteiger partial charge in [0.1, 0.15) is 17.4 Å². The van der Waals surface area contributed by atoms with E-state index in [9.17, 15) is 14.7 Å². The second-order valence-electron chi connectivity index (χ2n) is 4.56. The molecule has 1 aliphatic heterocycles. The van der Waals surface area contributed by atoms with Crippen molar-refractivity contribution in [2.24, 2.45) is 5.92 Å². The molecule has 1 aliphatic carbocycles. The molecule has 19 heavy (non-hydrogen) atoms. The van der Waals surface area contributed by atoms with E-state index < -0.39 is 23.1 Å². The maximum atomic E-state index is 12.0. The minimum atomic E-state index is -1.43. The summed E-state index contributed by atoms with van der Waals surface area (Å²) in [5.41, 5.74) is 0.739. The zero-order valence-electron chi connectivity index (χ0n) is 10.9. The molecule has 0 aromatic carbocycles. The molecular weight excluding hydrogens is 252 g/mol. The highest BCUT2D eigenvalue weighted by atomic mass is 16.5. The fourth-order valence-corrected chi connectivity index (χ4v) is 2.31. The average molecular weight is 268 g/mol. The first-order chi connectivity index (χ1) is 8.36. The number of hydrogen-bond acceptors (Lipinski definition) is 4. The lowest BCUT2D eigenvalue weighted by molar-refractivity contribution is -0.134. The first kappa shape index (κ1) is 15.0. The normalized spacial score (nSPS) is 26.3. The van der Waals surface area contributed by atoms with Gasteiger partial charge >= 0.3 is 5.97 Å². The van der Waals surface area contributed by atoms with E-state index in [1.165, 1.54) is 6.26 Å². The number of aliphatic carboxylic acids is 1. The molecule has 4 N–H and O–H groups in total. The summed E-state index contributed by atoms with van der Waals surface area (Å²) in [6.45, 7) is 5.35. The van der Waals surface area contributed by atoms with Crippen LogP contribution in [0.1, 0.15) is 20.8 Å². The highest BCUT2D eigenvalue weighted by molar-refractivity contribution is 6.26. The van der Waals surface area contributed by atoms with Crippen molar-refractivity contribution in [1.82, 2.24) is 0 Å². The lowest BCUT2D eigenvalue weighted by Crippen LogP contribution is -2.32. The van der Waals surface area contributed by atoms with Crippen molar-refractivity contribution in [1.29, 1.82) is 0 Å². The predicted molar refractivity (Wildman–Crippen MR) is 66.4 cm³/mol. The predicted octanol–water partition coefficient (Wildman–Crippen LogP) is 0.896. The quantitative estimate of drug-likeness (QED) is 0.685. The van der Waals surface area contributed by atoms with E-state index in [4.69, 9.17) is 9.84 Å². The number of fused-ring (bicyclic) bond motifs is 1. The van der Waals surface area contributed by atoms with Crippen LogP contribution in [0.4, 0.5) is 0 Å². The van der Waals surface area contributed by atoms with E-state index in [0.717, 1.165) is 0 Å². The number of carbonyl (C=O) groups excluding carboxylic acids is 1. The van der Waals surface area contributed by atoms with Crippen molar-refractivity contribution >= 4 is 11.8 Å². The zero-order valence-corrected chi connectivity index (χ0v) is 10.9. The molecular formula is C13H16O6. The fourth-order valence-electron chi connectivity index (χ4n) is 2.31. The monoisotopic (exact) mass is 268 g/mol. The van der Waals surface area contributed by atoms with Crippen LogP contribution in [-0.2, 0) is 14.3 Å². The number of ether oxygens (including phenoxy) is 1. The maximum absolute atomic E-state index is 12.0. The van der Waals surface area contributed by atoms with Crippen LogP contribution in [0.15, 0.2) is 34.3 Å². The van der Waals surface area contributed by atoms with Crippen LogP contribution in [-0.4, -0.2) is 33.5 Å². The standard InChI is InChI=1S/C13H14O5.H2O/c1-5-7(3)18-4-8-9(5)6(2)11(14)10(12(8)15)13(16)17;/h4-5,7,14H,1-3H3,(H,16,17);1H2. The number of aliphatic hydroxyl groups excluding tert-OH is 1. The number of carbonyl (C=O) groups is 2. The number of carboxylic acid groups (broad SMARTS) is 1. The number of carboxylic acids is 1. The largest absolute Gasteiger partial charge is 0.507 e. The zero-order chi connectivity index (χ0) is 13.6. The van der Waals surface area contributed by atoms with Crippen LogP contribution in [0.2, 0.25) is 0 Å². The second-order valence-corrected chi connectivity index (χ2v) is 4.56. The van der Waals surface area contributed by atoms with Gasteiger partial charge < -0.3 is 20.4 Å². The Labute approximate surface area is 110 Å². The molecule has 2 unspecified atom stereocenters. The van der Waals surface area contributed by atoms with E-state index in [-0.39, 0.29) is 23.1 Å². The number of rotatable bonds is 1. The summed E-state index contributed by atoms with van der Waals surface area (Å²) >= 11 is 0. The van der Waals surface area contributed by atoms with Gasteiger partial charge in [-0.15, -0.1) is 0 Å². The molecule has 104 valence electrons. The molecule has 0 aromatic rings. The van der Waals surface area contributed by atoms with Gasteiger partial charge in [0.05, 0.1) is 11.8 Å². The summed E-state index contributed by atoms with van der Waals surface area (Å²) in [4.78, 5) is 23.0. The summed E-state index contributed by atoms with van der Waals surface area (Å²) in [5.74, 6) is -2.64. The molecule has 0 aromatic heterocycles. The van der Waals surface area contributed by atoms with Gasteiger partial charge in [-0.3, -0.25) is 4.79 Å². The van der Waals surface area contributed by atoms with E-state index in [2.05, 4.69) is 0 Å². The summed E-state index contributed by atoms with van der Waals surface area (Å²) in [7, 11) is 0. The van der Waals surface area contributed by atoms with Crippen molar-refractivity contribution in [2.75, 3.05) is 0 Å². The van der Waals surface area contributed by atoms with Gasteiger partial charge in [0.15, 0.2) is 0 Å². The number of ketones is 1. The molecule has 0 fully saturated rings. The molecule has 0 amide bonds. The Morgan fingerprint density at radius 2 is 1.95 bits per heavy atom. The molecule has 0 spiro atoms. The van der Waals surface area contributed by atoms with Crippen molar-refractivity contribution in [2.45, 2.75) is 26.9 Å². The van der Waals surface area contributed by atoms with Gasteiger partial charge in [-0.2, -0.15) is 0 Å². The highest BCUT2D eigenvalue weighted by Crippen LogP contribution is 2.39. The molecule has 0 saturated heterocycles. The number of aliphatic hydroxyl groups is 1. The van der Waals surface area contributed by atoms with Gasteiger partial charge in [0.2, 0.25) is 5.78 Å². The minimum Gasteiger partial charge on any atom is -0.507 e. The lowest BCUT2D eigenvalue weighted by atomic mass is 9.78. The number of allylic oxidation sites excluding steroid dienone is 2. The SMILES string of the molecule is CC1=C2C(=COC(C)C2C)C(=O)C(C(=O)O)=C1O.O. The lowest BCUT2D eigenvalue weighted by Gasteiger charge is -2.32. The van der Waals surface area contributed by atoms with Crippen LogP contribution in [0, 0.1) is 5.92 Å². The van der Waals surface area contributed by atoms with Crippen molar-refractivity contribution in [3.8, 4) is 0 Å². The van der Waals surface area contributed by atoms with E-state index in [1.807, 2.05) is 13.8 Å². The second kappa shape index (κ2) is 4.89. The Hall–Kier alpha value is -2.08. The molecule has 2 rings (SSSR count). The third-order valence-corrected chi connectivity index (χ3v) is 3.53. The first-order valence-electron chi connectivity index (χ1n) is 5.64. The maximum Gasteiger partial charge on any atom is 0.343 e. The van der Waals surface area contributed by atoms with Gasteiger partial charge in [-0.1, -0.05) is 6.92 Å². The van der Waals surface area contributed by atoms with Crippen molar-refractivity contribution in [3.63, 3.8) is 0 Å². The molecule has 0 bridgehead atoms. The molecule has 0 radical (unpaired) electrons. The van der Waals surface area contributed by atoms with E-state index in [0.29, 0.717) is 11.1 Å². The van der Waals surface area contributed by atoms with Gasteiger partial charge in [0, 0.05) is 5.92 Å². The molecule has 2 aliphatic rings. The summed E-state index contributed by atoms with van der Waals surface area (Å²) < 4.78 is 5.33. The van der Waals surface area contributed by atoms with E-state index in [1.54, 1.807) is 6.92 Å². The summed E-state index contributed by atoms with van der Waals surface area (Å²) in [6, 6.07) is 0. The van der Waals surface area contributed by atoms with Crippen LogP contribution >= 0.6 is 0 Å². The fraction of sp³-hybridized carbons (Fsp3) is 0.385. The first-order valence-corrected chi connectivity index (χ1v) is 5.64. The highest BCUT2D eigenvalue weighted by Gasteiger charge is 2.39. The summed E-state index contributed by atoms with van der Waals surface area (Å²) in [6.07, 6.45) is 1.17. The smallest absolute Gasteiger partial charge is 0.343 e. The average Bonchev–Trinajstić information content (AvgIpc) is 2.29. The van der Waals surface area contributed by atoms with Crippen LogP contribution in [0.5, 0.6) is 0 Å². The number of hydrogen-bond donors (Lipinski definition) is 2. The van der Waals surface area contributed by atoms with Gasteiger partial charge in [-0.05, 0) is 25.0 Å². The Morgan fingerprint density at radius 1 is 1.37 bits per heavy atom. The molecule has 1 heterocycles.